The minimum atomic E-state index is -2.88. The van der Waals surface area contributed by atoms with Crippen molar-refractivity contribution in [2.45, 2.75) is 63.3 Å². The molecule has 2 aromatic rings. The maximum Gasteiger partial charge on any atom is 0.343 e. The highest BCUT2D eigenvalue weighted by atomic mass is 35.5. The second kappa shape index (κ2) is 11.4. The van der Waals surface area contributed by atoms with Gasteiger partial charge in [-0.25, -0.2) is 23.1 Å². The summed E-state index contributed by atoms with van der Waals surface area (Å²) in [5, 5.41) is 11.4. The minimum Gasteiger partial charge on any atom is -1.00 e. The zero-order valence-electron chi connectivity index (χ0n) is 19.7. The van der Waals surface area contributed by atoms with Crippen LogP contribution in [0.5, 0.6) is 0 Å². The average Bonchev–Trinajstić information content (AvgIpc) is 3.39. The molecule has 2 aliphatic rings. The molecule has 1 saturated carbocycles. The summed E-state index contributed by atoms with van der Waals surface area (Å²) in [6.07, 6.45) is 2.27. The summed E-state index contributed by atoms with van der Waals surface area (Å²) < 4.78 is 35.5. The molecule has 1 fully saturated rings. The molecule has 1 heterocycles. The highest BCUT2D eigenvalue weighted by Gasteiger charge is 2.54. The van der Waals surface area contributed by atoms with Gasteiger partial charge in [0.15, 0.2) is 17.9 Å². The van der Waals surface area contributed by atoms with Crippen molar-refractivity contribution in [1.82, 2.24) is 0 Å². The number of hydrogen-bond acceptors (Lipinski definition) is 4. The molecule has 188 valence electrons. The Balaban J connectivity index is 0.00000342. The Morgan fingerprint density at radius 2 is 1.83 bits per heavy atom. The van der Waals surface area contributed by atoms with Crippen LogP contribution in [0, 0.1) is 5.92 Å². The summed E-state index contributed by atoms with van der Waals surface area (Å²) in [6.45, 7) is 2.85. The van der Waals surface area contributed by atoms with Crippen LogP contribution in [0.2, 0.25) is 0 Å². The lowest BCUT2D eigenvalue weighted by Gasteiger charge is -2.32. The van der Waals surface area contributed by atoms with E-state index in [2.05, 4.69) is 21.7 Å². The van der Waals surface area contributed by atoms with Crippen molar-refractivity contribution in [1.29, 1.82) is 0 Å². The molecule has 2 aromatic carbocycles. The fourth-order valence-corrected chi connectivity index (χ4v) is 4.86. The first-order chi connectivity index (χ1) is 16.3. The summed E-state index contributed by atoms with van der Waals surface area (Å²) in [7, 11) is 0. The molecule has 1 aliphatic carbocycles. The molecule has 1 unspecified atom stereocenters. The van der Waals surface area contributed by atoms with Crippen LogP contribution in [0.1, 0.15) is 50.2 Å². The molecule has 0 aromatic heterocycles. The van der Waals surface area contributed by atoms with E-state index in [-0.39, 0.29) is 38.0 Å². The largest absolute Gasteiger partial charge is 1.00 e. The van der Waals surface area contributed by atoms with E-state index < -0.39 is 29.8 Å². The summed E-state index contributed by atoms with van der Waals surface area (Å²) >= 11 is 0. The van der Waals surface area contributed by atoms with E-state index >= 15 is 0 Å². The SMILES string of the molecule is CC1N=CC(CCCOC(=O)[C@](O)(c2ccccc2)[C@@H]2CCC(F)(F)C2)=[N+]1Cc1ccccc1.[Cl-]. The van der Waals surface area contributed by atoms with Gasteiger partial charge in [-0.2, -0.15) is 0 Å². The maximum atomic E-state index is 13.9. The number of carbonyl (C=O) groups is 1. The van der Waals surface area contributed by atoms with E-state index in [0.717, 1.165) is 12.3 Å². The Morgan fingerprint density at radius 3 is 2.46 bits per heavy atom. The third kappa shape index (κ3) is 6.14. The molecule has 0 saturated heterocycles. The number of hydrogen-bond donors (Lipinski definition) is 1. The summed E-state index contributed by atoms with van der Waals surface area (Å²) in [5.74, 6) is -4.64. The molecule has 8 heteroatoms. The molecule has 0 spiro atoms. The number of alkyl halides is 2. The van der Waals surface area contributed by atoms with Gasteiger partial charge in [0.1, 0.15) is 0 Å². The lowest BCUT2D eigenvalue weighted by Crippen LogP contribution is -3.00. The van der Waals surface area contributed by atoms with E-state index in [0.29, 0.717) is 18.4 Å². The smallest absolute Gasteiger partial charge is 0.343 e. The number of benzene rings is 2. The van der Waals surface area contributed by atoms with Gasteiger partial charge in [-0.1, -0.05) is 60.7 Å². The van der Waals surface area contributed by atoms with Crippen LogP contribution in [0.15, 0.2) is 65.7 Å². The molecule has 0 radical (unpaired) electrons. The normalized spacial score (nSPS) is 22.5. The molecule has 1 N–H and O–H groups in total. The number of esters is 1. The van der Waals surface area contributed by atoms with Crippen LogP contribution in [0.4, 0.5) is 8.78 Å². The van der Waals surface area contributed by atoms with E-state index in [9.17, 15) is 18.7 Å². The Kier molecular flexibility index (Phi) is 8.78. The monoisotopic (exact) mass is 504 g/mol. The Hall–Kier alpha value is -2.64. The number of halogens is 3. The number of aliphatic hydroxyl groups is 1. The number of aliphatic imine (C=N–C) groups is 1. The molecule has 0 amide bonds. The van der Waals surface area contributed by atoms with Crippen LogP contribution in [0.25, 0.3) is 0 Å². The number of rotatable bonds is 9. The van der Waals surface area contributed by atoms with Crippen molar-refractivity contribution in [3.8, 4) is 0 Å². The summed E-state index contributed by atoms with van der Waals surface area (Å²) in [6, 6.07) is 18.4. The average molecular weight is 505 g/mol. The Morgan fingerprint density at radius 1 is 1.17 bits per heavy atom. The zero-order chi connectivity index (χ0) is 24.2. The Labute approximate surface area is 211 Å². The van der Waals surface area contributed by atoms with Gasteiger partial charge in [-0.15, -0.1) is 0 Å². The van der Waals surface area contributed by atoms with E-state index in [4.69, 9.17) is 4.74 Å². The second-order valence-electron chi connectivity index (χ2n) is 9.18. The predicted octanol–water partition coefficient (Wildman–Crippen LogP) is 1.72. The highest BCUT2D eigenvalue weighted by molar-refractivity contribution is 6.28. The lowest BCUT2D eigenvalue weighted by atomic mass is 9.80. The molecule has 4 rings (SSSR count). The van der Waals surface area contributed by atoms with Gasteiger partial charge in [0, 0.05) is 37.7 Å². The fraction of sp³-hybridized carbons (Fsp3) is 0.444. The van der Waals surface area contributed by atoms with Crippen LogP contribution in [-0.2, 0) is 21.7 Å². The van der Waals surface area contributed by atoms with Gasteiger partial charge in [-0.3, -0.25) is 0 Å². The standard InChI is InChI=1S/C27H31F2N2O3.ClH/c1-20-30-18-24(31(20)19-21-9-4-2-5-10-21)13-8-16-34-25(32)27(33,22-11-6-3-7-12-22)23-14-15-26(28,29)17-23;/h2-7,9-12,18,20,23,33H,8,13-17,19H2,1H3;1H/q+1;/p-1/t20?,23-,27+;/m1./s1. The van der Waals surface area contributed by atoms with Crippen molar-refractivity contribution in [3.05, 3.63) is 71.8 Å². The molecule has 5 nitrogen and oxygen atoms in total. The minimum absolute atomic E-state index is 0. The van der Waals surface area contributed by atoms with Crippen LogP contribution >= 0.6 is 0 Å². The van der Waals surface area contributed by atoms with Crippen LogP contribution in [0.3, 0.4) is 0 Å². The first-order valence-corrected chi connectivity index (χ1v) is 11.8. The Bertz CT molecular complexity index is 1060. The third-order valence-corrected chi connectivity index (χ3v) is 6.78. The fourth-order valence-electron chi connectivity index (χ4n) is 4.86. The zero-order valence-corrected chi connectivity index (χ0v) is 20.5. The molecular weight excluding hydrogens is 474 g/mol. The third-order valence-electron chi connectivity index (χ3n) is 6.78. The van der Waals surface area contributed by atoms with Crippen molar-refractivity contribution < 1.29 is 40.4 Å². The van der Waals surface area contributed by atoms with Crippen molar-refractivity contribution in [3.63, 3.8) is 0 Å². The van der Waals surface area contributed by atoms with Gasteiger partial charge in [-0.05, 0) is 18.4 Å². The van der Waals surface area contributed by atoms with E-state index in [1.807, 2.05) is 31.3 Å². The highest BCUT2D eigenvalue weighted by Crippen LogP contribution is 2.47. The van der Waals surface area contributed by atoms with Gasteiger partial charge in [0.25, 0.3) is 0 Å². The van der Waals surface area contributed by atoms with Crippen LogP contribution < -0.4 is 12.4 Å². The van der Waals surface area contributed by atoms with Crippen molar-refractivity contribution >= 4 is 17.9 Å². The molecule has 0 bridgehead atoms. The van der Waals surface area contributed by atoms with Gasteiger partial charge in [0.2, 0.25) is 12.1 Å². The second-order valence-corrected chi connectivity index (χ2v) is 9.18. The predicted molar refractivity (Wildman–Crippen MR) is 126 cm³/mol. The number of nitrogens with zero attached hydrogens (tertiary/aromatic N) is 2. The van der Waals surface area contributed by atoms with E-state index in [1.54, 1.807) is 30.3 Å². The quantitative estimate of drug-likeness (QED) is 0.321. The van der Waals surface area contributed by atoms with E-state index in [1.165, 1.54) is 5.56 Å². The number of carbonyl (C=O) groups excluding carboxylic acids is 1. The van der Waals surface area contributed by atoms with Gasteiger partial charge >= 0.3 is 5.97 Å². The summed E-state index contributed by atoms with van der Waals surface area (Å²) in [4.78, 5) is 17.6. The van der Waals surface area contributed by atoms with Crippen LogP contribution in [-0.4, -0.2) is 46.3 Å². The topological polar surface area (TPSA) is 61.9 Å². The lowest BCUT2D eigenvalue weighted by molar-refractivity contribution is -0.572. The summed E-state index contributed by atoms with van der Waals surface area (Å²) in [5.41, 5.74) is 0.450. The molecule has 1 aliphatic heterocycles. The van der Waals surface area contributed by atoms with Gasteiger partial charge in [0.05, 0.1) is 12.8 Å². The molecule has 3 atom stereocenters. The maximum absolute atomic E-state index is 13.9. The molecule has 35 heavy (non-hydrogen) atoms. The molecular formula is C27H31ClF2N2O3. The van der Waals surface area contributed by atoms with Crippen molar-refractivity contribution in [2.75, 3.05) is 6.61 Å². The van der Waals surface area contributed by atoms with Gasteiger partial charge < -0.3 is 22.3 Å². The number of ether oxygens (including phenoxy) is 1. The first-order valence-electron chi connectivity index (χ1n) is 11.8. The first kappa shape index (κ1) is 27.0. The van der Waals surface area contributed by atoms with Crippen molar-refractivity contribution in [2.24, 2.45) is 10.9 Å².